The fourth-order valence-electron chi connectivity index (χ4n) is 1.76. The van der Waals surface area contributed by atoms with Crippen molar-refractivity contribution in [2.45, 2.75) is 6.61 Å². The minimum absolute atomic E-state index is 0.0914. The zero-order chi connectivity index (χ0) is 11.7. The molecule has 4 heteroatoms. The lowest BCUT2D eigenvalue weighted by atomic mass is 10.1. The van der Waals surface area contributed by atoms with Crippen LogP contribution < -0.4 is 0 Å². The second-order valence-corrected chi connectivity index (χ2v) is 3.70. The molecule has 0 radical (unpaired) electrons. The monoisotopic (exact) mass is 226 g/mol. The summed E-state index contributed by atoms with van der Waals surface area (Å²) in [4.78, 5) is 8.38. The zero-order valence-corrected chi connectivity index (χ0v) is 9.00. The number of hydrogen-bond acceptors (Lipinski definition) is 4. The molecule has 17 heavy (non-hydrogen) atoms. The van der Waals surface area contributed by atoms with Crippen LogP contribution in [0.3, 0.4) is 0 Å². The maximum absolute atomic E-state index is 9.01. The van der Waals surface area contributed by atoms with Crippen molar-refractivity contribution in [2.24, 2.45) is 0 Å². The van der Waals surface area contributed by atoms with Crippen LogP contribution in [0.2, 0.25) is 0 Å². The number of aromatic nitrogens is 2. The van der Waals surface area contributed by atoms with Crippen molar-refractivity contribution in [1.82, 2.24) is 9.97 Å². The van der Waals surface area contributed by atoms with Crippen LogP contribution >= 0.6 is 0 Å². The minimum atomic E-state index is -0.0914. The van der Waals surface area contributed by atoms with Crippen LogP contribution in [0, 0.1) is 0 Å². The molecular formula is C13H10N2O2. The number of fused-ring (bicyclic) bond motifs is 1. The van der Waals surface area contributed by atoms with Gasteiger partial charge in [-0.1, -0.05) is 0 Å². The van der Waals surface area contributed by atoms with E-state index in [2.05, 4.69) is 9.97 Å². The minimum Gasteiger partial charge on any atom is -0.459 e. The third kappa shape index (κ3) is 1.79. The van der Waals surface area contributed by atoms with E-state index in [9.17, 15) is 0 Å². The van der Waals surface area contributed by atoms with Crippen LogP contribution in [0.15, 0.2) is 47.1 Å². The summed E-state index contributed by atoms with van der Waals surface area (Å²) in [6.45, 7) is -0.0914. The van der Waals surface area contributed by atoms with Crippen molar-refractivity contribution in [3.05, 3.63) is 48.5 Å². The Balaban J connectivity index is 2.13. The van der Waals surface area contributed by atoms with Gasteiger partial charge in [-0.3, -0.25) is 0 Å². The average molecular weight is 226 g/mol. The molecule has 0 bridgehead atoms. The van der Waals surface area contributed by atoms with Gasteiger partial charge < -0.3 is 9.52 Å². The van der Waals surface area contributed by atoms with Crippen molar-refractivity contribution in [2.75, 3.05) is 0 Å². The van der Waals surface area contributed by atoms with Gasteiger partial charge in [-0.05, 0) is 30.3 Å². The molecule has 3 aromatic rings. The van der Waals surface area contributed by atoms with E-state index in [0.717, 1.165) is 16.5 Å². The Morgan fingerprint density at radius 1 is 1.12 bits per heavy atom. The third-order valence-electron chi connectivity index (χ3n) is 2.55. The smallest absolute Gasteiger partial charge is 0.159 e. The highest BCUT2D eigenvalue weighted by atomic mass is 16.4. The van der Waals surface area contributed by atoms with Crippen LogP contribution in [0.5, 0.6) is 0 Å². The van der Waals surface area contributed by atoms with Crippen molar-refractivity contribution in [3.8, 4) is 11.4 Å². The first-order valence-electron chi connectivity index (χ1n) is 5.27. The van der Waals surface area contributed by atoms with E-state index in [0.29, 0.717) is 11.6 Å². The lowest BCUT2D eigenvalue weighted by molar-refractivity contribution is 0.251. The molecule has 0 saturated carbocycles. The van der Waals surface area contributed by atoms with Crippen molar-refractivity contribution in [3.63, 3.8) is 0 Å². The van der Waals surface area contributed by atoms with Gasteiger partial charge in [0.2, 0.25) is 0 Å². The Morgan fingerprint density at radius 3 is 2.71 bits per heavy atom. The molecule has 1 N–H and O–H groups in total. The SMILES string of the molecule is OCc1cc2cc(-c3ncccn3)ccc2o1. The number of nitrogens with zero attached hydrogens (tertiary/aromatic N) is 2. The van der Waals surface area contributed by atoms with Crippen molar-refractivity contribution >= 4 is 11.0 Å². The van der Waals surface area contributed by atoms with Crippen LogP contribution in [0.25, 0.3) is 22.4 Å². The predicted molar refractivity (Wildman–Crippen MR) is 63.2 cm³/mol. The van der Waals surface area contributed by atoms with Gasteiger partial charge in [-0.2, -0.15) is 0 Å². The molecular weight excluding hydrogens is 216 g/mol. The third-order valence-corrected chi connectivity index (χ3v) is 2.55. The molecule has 0 amide bonds. The van der Waals surface area contributed by atoms with Gasteiger partial charge in [0.15, 0.2) is 5.82 Å². The van der Waals surface area contributed by atoms with Gasteiger partial charge in [-0.15, -0.1) is 0 Å². The Morgan fingerprint density at radius 2 is 1.94 bits per heavy atom. The van der Waals surface area contributed by atoms with Gasteiger partial charge in [-0.25, -0.2) is 9.97 Å². The Hall–Kier alpha value is -2.20. The molecule has 0 unspecified atom stereocenters. The summed E-state index contributed by atoms with van der Waals surface area (Å²) in [5.41, 5.74) is 1.69. The van der Waals surface area contributed by atoms with E-state index in [1.165, 1.54) is 0 Å². The van der Waals surface area contributed by atoms with Gasteiger partial charge in [0, 0.05) is 23.3 Å². The topological polar surface area (TPSA) is 59.2 Å². The molecule has 2 heterocycles. The highest BCUT2D eigenvalue weighted by Crippen LogP contribution is 2.24. The van der Waals surface area contributed by atoms with Crippen LogP contribution in [0.4, 0.5) is 0 Å². The van der Waals surface area contributed by atoms with Gasteiger partial charge in [0.1, 0.15) is 18.0 Å². The van der Waals surface area contributed by atoms with E-state index in [1.54, 1.807) is 18.5 Å². The molecule has 84 valence electrons. The van der Waals surface area contributed by atoms with Crippen LogP contribution in [-0.4, -0.2) is 15.1 Å². The van der Waals surface area contributed by atoms with E-state index in [4.69, 9.17) is 9.52 Å². The Bertz CT molecular complexity index is 647. The highest BCUT2D eigenvalue weighted by Gasteiger charge is 2.06. The quantitative estimate of drug-likeness (QED) is 0.728. The summed E-state index contributed by atoms with van der Waals surface area (Å²) in [6, 6.07) is 9.32. The van der Waals surface area contributed by atoms with E-state index < -0.39 is 0 Å². The number of aliphatic hydroxyl groups is 1. The largest absolute Gasteiger partial charge is 0.459 e. The molecule has 0 spiro atoms. The molecule has 2 aromatic heterocycles. The summed E-state index contributed by atoms with van der Waals surface area (Å²) >= 11 is 0. The van der Waals surface area contributed by atoms with Gasteiger partial charge in [0.25, 0.3) is 0 Å². The summed E-state index contributed by atoms with van der Waals surface area (Å²) in [5, 5.41) is 9.95. The molecule has 0 aliphatic heterocycles. The molecule has 0 aliphatic rings. The molecule has 4 nitrogen and oxygen atoms in total. The number of furan rings is 1. The number of benzene rings is 1. The molecule has 0 fully saturated rings. The fraction of sp³-hybridized carbons (Fsp3) is 0.0769. The number of rotatable bonds is 2. The van der Waals surface area contributed by atoms with Gasteiger partial charge >= 0.3 is 0 Å². The van der Waals surface area contributed by atoms with Crippen LogP contribution in [-0.2, 0) is 6.61 Å². The molecule has 0 atom stereocenters. The van der Waals surface area contributed by atoms with Gasteiger partial charge in [0.05, 0.1) is 0 Å². The average Bonchev–Trinajstić information content (AvgIpc) is 2.81. The first-order valence-corrected chi connectivity index (χ1v) is 5.27. The fourth-order valence-corrected chi connectivity index (χ4v) is 1.76. The summed E-state index contributed by atoms with van der Waals surface area (Å²) < 4.78 is 5.42. The second kappa shape index (κ2) is 3.99. The maximum atomic E-state index is 9.01. The molecule has 1 aromatic carbocycles. The maximum Gasteiger partial charge on any atom is 0.159 e. The standard InChI is InChI=1S/C13H10N2O2/c16-8-11-7-10-6-9(2-3-12(10)17-11)13-14-4-1-5-15-13/h1-7,16H,8H2. The highest BCUT2D eigenvalue weighted by molar-refractivity contribution is 5.82. The van der Waals surface area contributed by atoms with Crippen LogP contribution in [0.1, 0.15) is 5.76 Å². The predicted octanol–water partition coefficient (Wildman–Crippen LogP) is 2.38. The molecule has 0 saturated heterocycles. The Kier molecular flexibility index (Phi) is 2.34. The van der Waals surface area contributed by atoms with Crippen molar-refractivity contribution < 1.29 is 9.52 Å². The first kappa shape index (κ1) is 9.99. The lowest BCUT2D eigenvalue weighted by Gasteiger charge is -1.98. The Labute approximate surface area is 97.6 Å². The number of aliphatic hydroxyl groups excluding tert-OH is 1. The lowest BCUT2D eigenvalue weighted by Crippen LogP contribution is -1.85. The van der Waals surface area contributed by atoms with E-state index in [-0.39, 0.29) is 6.61 Å². The molecule has 0 aliphatic carbocycles. The molecule has 3 rings (SSSR count). The zero-order valence-electron chi connectivity index (χ0n) is 9.00. The summed E-state index contributed by atoms with van der Waals surface area (Å²) in [5.74, 6) is 1.24. The van der Waals surface area contributed by atoms with E-state index >= 15 is 0 Å². The first-order chi connectivity index (χ1) is 8.36. The number of hydrogen-bond donors (Lipinski definition) is 1. The second-order valence-electron chi connectivity index (χ2n) is 3.70. The van der Waals surface area contributed by atoms with E-state index in [1.807, 2.05) is 24.3 Å². The summed E-state index contributed by atoms with van der Waals surface area (Å²) in [7, 11) is 0. The summed E-state index contributed by atoms with van der Waals surface area (Å²) in [6.07, 6.45) is 3.42. The normalized spacial score (nSPS) is 10.9. The van der Waals surface area contributed by atoms with Crippen molar-refractivity contribution in [1.29, 1.82) is 0 Å².